The van der Waals surface area contributed by atoms with Crippen molar-refractivity contribution >= 4 is 11.7 Å². The van der Waals surface area contributed by atoms with Gasteiger partial charge in [-0.3, -0.25) is 9.69 Å². The molecule has 2 aliphatic rings. The molecule has 3 aromatic rings. The Hall–Kier alpha value is -3.25. The van der Waals surface area contributed by atoms with Gasteiger partial charge >= 0.3 is 0 Å². The summed E-state index contributed by atoms with van der Waals surface area (Å²) in [5.41, 5.74) is 4.08. The summed E-state index contributed by atoms with van der Waals surface area (Å²) in [7, 11) is 1.69. The molecule has 0 radical (unpaired) electrons. The van der Waals surface area contributed by atoms with Gasteiger partial charge in [-0.2, -0.15) is 0 Å². The lowest BCUT2D eigenvalue weighted by Crippen LogP contribution is -2.46. The van der Waals surface area contributed by atoms with Gasteiger partial charge in [-0.05, 0) is 35.6 Å². The highest BCUT2D eigenvalue weighted by Crippen LogP contribution is 2.32. The van der Waals surface area contributed by atoms with Crippen molar-refractivity contribution in [2.24, 2.45) is 0 Å². The van der Waals surface area contributed by atoms with Crippen molar-refractivity contribution in [3.05, 3.63) is 83.2 Å². The van der Waals surface area contributed by atoms with E-state index in [1.165, 1.54) is 11.1 Å². The number of fused-ring (bicyclic) bond motifs is 1. The monoisotopic (exact) mass is 428 g/mol. The van der Waals surface area contributed by atoms with Crippen LogP contribution >= 0.6 is 0 Å². The van der Waals surface area contributed by atoms with Crippen molar-refractivity contribution < 1.29 is 9.53 Å². The minimum atomic E-state index is 0.149. The third-order valence-corrected chi connectivity index (χ3v) is 6.52. The third kappa shape index (κ3) is 4.36. The van der Waals surface area contributed by atoms with Gasteiger partial charge in [0.05, 0.1) is 18.4 Å². The first-order chi connectivity index (χ1) is 15.7. The number of anilines is 1. The van der Waals surface area contributed by atoms with E-state index in [0.29, 0.717) is 12.0 Å². The van der Waals surface area contributed by atoms with Gasteiger partial charge < -0.3 is 9.64 Å². The Morgan fingerprint density at radius 3 is 2.44 bits per heavy atom. The van der Waals surface area contributed by atoms with Gasteiger partial charge in [0.1, 0.15) is 5.75 Å². The molecular weight excluding hydrogens is 400 g/mol. The first-order valence-corrected chi connectivity index (χ1v) is 11.2. The Bertz CT molecular complexity index is 1080. The van der Waals surface area contributed by atoms with Crippen LogP contribution in [0.4, 0.5) is 5.95 Å². The van der Waals surface area contributed by atoms with Crippen molar-refractivity contribution in [2.75, 3.05) is 38.2 Å². The first kappa shape index (κ1) is 20.6. The topological polar surface area (TPSA) is 58.6 Å². The standard InChI is InChI=1S/C26H28N4O2/c1-32-22-9-7-19(8-10-22)18-29-11-13-30(14-12-29)26-27-17-23-24(28-26)15-21(16-25(23)31)20-5-3-2-4-6-20/h2-10,17,21H,11-16,18H2,1H3/t21-/m1/s1. The molecule has 1 saturated heterocycles. The molecule has 1 fully saturated rings. The lowest BCUT2D eigenvalue weighted by molar-refractivity contribution is 0.0962. The lowest BCUT2D eigenvalue weighted by Gasteiger charge is -2.35. The van der Waals surface area contributed by atoms with Crippen molar-refractivity contribution in [1.82, 2.24) is 14.9 Å². The molecule has 0 bridgehead atoms. The van der Waals surface area contributed by atoms with Crippen LogP contribution in [0, 0.1) is 0 Å². The molecule has 2 heterocycles. The van der Waals surface area contributed by atoms with Gasteiger partial charge in [0.25, 0.3) is 0 Å². The van der Waals surface area contributed by atoms with Crippen molar-refractivity contribution in [2.45, 2.75) is 25.3 Å². The fourth-order valence-corrected chi connectivity index (χ4v) is 4.64. The molecule has 1 aromatic heterocycles. The Kier molecular flexibility index (Phi) is 5.86. The maximum absolute atomic E-state index is 12.7. The Morgan fingerprint density at radius 1 is 0.969 bits per heavy atom. The summed E-state index contributed by atoms with van der Waals surface area (Å²) in [5, 5.41) is 0. The molecule has 1 atom stereocenters. The number of piperazine rings is 1. The molecule has 2 aromatic carbocycles. The van der Waals surface area contributed by atoms with Crippen LogP contribution in [0.15, 0.2) is 60.8 Å². The van der Waals surface area contributed by atoms with Crippen LogP contribution in [0.1, 0.15) is 39.5 Å². The highest BCUT2D eigenvalue weighted by Gasteiger charge is 2.29. The fraction of sp³-hybridized carbons (Fsp3) is 0.346. The van der Waals surface area contributed by atoms with Crippen LogP contribution in [0.5, 0.6) is 5.75 Å². The zero-order valence-electron chi connectivity index (χ0n) is 18.4. The molecule has 164 valence electrons. The second kappa shape index (κ2) is 9.09. The maximum atomic E-state index is 12.7. The highest BCUT2D eigenvalue weighted by atomic mass is 16.5. The predicted octanol–water partition coefficient (Wildman–Crippen LogP) is 3.72. The zero-order chi connectivity index (χ0) is 21.9. The second-order valence-electron chi connectivity index (χ2n) is 8.58. The summed E-state index contributed by atoms with van der Waals surface area (Å²) in [6.45, 7) is 4.60. The quantitative estimate of drug-likeness (QED) is 0.617. The molecular formula is C26H28N4O2. The molecule has 0 saturated carbocycles. The number of nitrogens with zero attached hydrogens (tertiary/aromatic N) is 4. The van der Waals surface area contributed by atoms with Crippen molar-refractivity contribution in [1.29, 1.82) is 0 Å². The number of carbonyl (C=O) groups is 1. The first-order valence-electron chi connectivity index (χ1n) is 11.2. The number of carbonyl (C=O) groups excluding carboxylic acids is 1. The lowest BCUT2D eigenvalue weighted by atomic mass is 9.82. The van der Waals surface area contributed by atoms with E-state index < -0.39 is 0 Å². The van der Waals surface area contributed by atoms with Crippen LogP contribution in [0.2, 0.25) is 0 Å². The van der Waals surface area contributed by atoms with E-state index in [2.05, 4.69) is 39.0 Å². The molecule has 0 N–H and O–H groups in total. The third-order valence-electron chi connectivity index (χ3n) is 6.52. The van der Waals surface area contributed by atoms with Gasteiger partial charge in [0.15, 0.2) is 5.78 Å². The van der Waals surface area contributed by atoms with Gasteiger partial charge in [0, 0.05) is 45.3 Å². The van der Waals surface area contributed by atoms with Crippen LogP contribution in [-0.4, -0.2) is 53.9 Å². The summed E-state index contributed by atoms with van der Waals surface area (Å²) in [5.74, 6) is 1.97. The number of ether oxygens (including phenoxy) is 1. The van der Waals surface area contributed by atoms with Crippen LogP contribution in [-0.2, 0) is 13.0 Å². The zero-order valence-corrected chi connectivity index (χ0v) is 18.4. The van der Waals surface area contributed by atoms with Crippen LogP contribution in [0.3, 0.4) is 0 Å². The fourth-order valence-electron chi connectivity index (χ4n) is 4.64. The van der Waals surface area contributed by atoms with Gasteiger partial charge in [-0.15, -0.1) is 0 Å². The normalized spacial score (nSPS) is 19.0. The van der Waals surface area contributed by atoms with Gasteiger partial charge in [0.2, 0.25) is 5.95 Å². The van der Waals surface area contributed by atoms with E-state index >= 15 is 0 Å². The molecule has 0 amide bonds. The van der Waals surface area contributed by atoms with E-state index in [9.17, 15) is 4.79 Å². The summed E-state index contributed by atoms with van der Waals surface area (Å²) in [6.07, 6.45) is 3.06. The number of aromatic nitrogens is 2. The molecule has 1 aliphatic carbocycles. The van der Waals surface area contributed by atoms with Gasteiger partial charge in [-0.25, -0.2) is 9.97 Å². The second-order valence-corrected chi connectivity index (χ2v) is 8.58. The number of Topliss-reactive ketones (excluding diaryl/α,β-unsaturated/α-hetero) is 1. The van der Waals surface area contributed by atoms with E-state index in [-0.39, 0.29) is 11.7 Å². The largest absolute Gasteiger partial charge is 0.497 e. The summed E-state index contributed by atoms with van der Waals surface area (Å²) in [6, 6.07) is 18.6. The number of hydrogen-bond acceptors (Lipinski definition) is 6. The number of ketones is 1. The molecule has 32 heavy (non-hydrogen) atoms. The highest BCUT2D eigenvalue weighted by molar-refractivity contribution is 5.98. The van der Waals surface area contributed by atoms with E-state index in [0.717, 1.165) is 56.5 Å². The van der Waals surface area contributed by atoms with E-state index in [1.54, 1.807) is 13.3 Å². The minimum Gasteiger partial charge on any atom is -0.497 e. The van der Waals surface area contributed by atoms with E-state index in [1.807, 2.05) is 30.3 Å². The predicted molar refractivity (Wildman–Crippen MR) is 124 cm³/mol. The smallest absolute Gasteiger partial charge is 0.225 e. The number of rotatable bonds is 5. The van der Waals surface area contributed by atoms with E-state index in [4.69, 9.17) is 9.72 Å². The molecule has 0 unspecified atom stereocenters. The van der Waals surface area contributed by atoms with Crippen molar-refractivity contribution in [3.8, 4) is 5.75 Å². The average molecular weight is 429 g/mol. The van der Waals surface area contributed by atoms with Crippen LogP contribution in [0.25, 0.3) is 0 Å². The SMILES string of the molecule is COc1ccc(CN2CCN(c3ncc4c(n3)C[C@@H](c3ccccc3)CC4=O)CC2)cc1. The number of hydrogen-bond donors (Lipinski definition) is 0. The van der Waals surface area contributed by atoms with Crippen molar-refractivity contribution in [3.63, 3.8) is 0 Å². The molecule has 6 nitrogen and oxygen atoms in total. The maximum Gasteiger partial charge on any atom is 0.225 e. The average Bonchev–Trinajstić information content (AvgIpc) is 2.85. The Labute approximate surface area is 188 Å². The molecule has 6 heteroatoms. The summed E-state index contributed by atoms with van der Waals surface area (Å²) >= 11 is 0. The Morgan fingerprint density at radius 2 is 1.72 bits per heavy atom. The van der Waals surface area contributed by atoms with Crippen LogP contribution < -0.4 is 9.64 Å². The molecule has 5 rings (SSSR count). The summed E-state index contributed by atoms with van der Waals surface area (Å²) < 4.78 is 5.24. The number of benzene rings is 2. The molecule has 0 spiro atoms. The van der Waals surface area contributed by atoms with Gasteiger partial charge in [-0.1, -0.05) is 42.5 Å². The summed E-state index contributed by atoms with van der Waals surface area (Å²) in [4.78, 5) is 26.8. The number of methoxy groups -OCH3 is 1. The Balaban J connectivity index is 1.24. The minimum absolute atomic E-state index is 0.149. The molecule has 1 aliphatic heterocycles.